The van der Waals surface area contributed by atoms with E-state index in [1.165, 1.54) is 10.5 Å². The highest BCUT2D eigenvalue weighted by molar-refractivity contribution is 6.06. The van der Waals surface area contributed by atoms with Crippen LogP contribution in [0.5, 0.6) is 5.75 Å². The molecule has 2 saturated heterocycles. The molecule has 3 aliphatic rings. The van der Waals surface area contributed by atoms with Crippen LogP contribution in [0, 0.1) is 17.8 Å². The number of hydrogen-bond donors (Lipinski definition) is 2. The van der Waals surface area contributed by atoms with E-state index in [2.05, 4.69) is 13.0 Å². The molecule has 230 valence electrons. The first-order valence-electron chi connectivity index (χ1n) is 15.6. The third kappa shape index (κ3) is 6.55. The molecule has 4 atom stereocenters. The van der Waals surface area contributed by atoms with Crippen LogP contribution in [0.4, 0.5) is 0 Å². The number of rotatable bonds is 14. The first kappa shape index (κ1) is 31.0. The monoisotopic (exact) mass is 589 g/mol. The molecule has 0 saturated carbocycles. The van der Waals surface area contributed by atoms with Gasteiger partial charge in [-0.05, 0) is 66.7 Å². The van der Waals surface area contributed by atoms with Gasteiger partial charge in [0.05, 0.1) is 31.2 Å². The predicted molar refractivity (Wildman–Crippen MR) is 164 cm³/mol. The zero-order valence-electron chi connectivity index (χ0n) is 25.2. The number of likely N-dealkylation sites (tertiary alicyclic amines) is 1. The van der Waals surface area contributed by atoms with Crippen molar-refractivity contribution in [2.24, 2.45) is 17.8 Å². The number of nitrogens with zero attached hydrogens (tertiary/aromatic N) is 1. The minimum Gasteiger partial charge on any atom is -0.507 e. The average molecular weight is 590 g/mol. The van der Waals surface area contributed by atoms with Gasteiger partial charge < -0.3 is 19.7 Å². The summed E-state index contributed by atoms with van der Waals surface area (Å²) in [5.74, 6) is -1.68. The molecule has 5 rings (SSSR count). The lowest BCUT2D eigenvalue weighted by Crippen LogP contribution is -2.35. The van der Waals surface area contributed by atoms with Gasteiger partial charge in [-0.15, -0.1) is 0 Å². The first-order valence-corrected chi connectivity index (χ1v) is 15.6. The van der Waals surface area contributed by atoms with Gasteiger partial charge >= 0.3 is 5.97 Å². The molecule has 43 heavy (non-hydrogen) atoms. The number of phenols is 1. The van der Waals surface area contributed by atoms with Crippen LogP contribution in [0.2, 0.25) is 0 Å². The second kappa shape index (κ2) is 13.9. The predicted octanol–water partition coefficient (Wildman–Crippen LogP) is 6.12. The molecule has 2 amide bonds. The number of benzene rings is 2. The highest BCUT2D eigenvalue weighted by Gasteiger charge is 2.56. The Labute approximate surface area is 253 Å². The summed E-state index contributed by atoms with van der Waals surface area (Å²) in [6.07, 6.45) is 8.14. The standard InChI is InChI=1S/C35H43NO7/c1-3-9-22(18-23-14-15-29(37)26-11-7-6-10-25(23)26)13-16-30-32-24(20-42-2)19-27-33(28(32)21-43-30)35(41)36(34(27)40)17-8-4-5-12-31(38)39/h6-7,10-11,14-15,18,27-28,30,33,37H,3-5,8-9,12-13,16-17,19-21H2,1-2H3,(H,38,39)/b22-18+/t27-,28+,30-,33-/m1/s1. The number of amides is 2. The van der Waals surface area contributed by atoms with Crippen LogP contribution in [-0.4, -0.2) is 65.9 Å². The van der Waals surface area contributed by atoms with Gasteiger partial charge in [0.1, 0.15) is 5.75 Å². The van der Waals surface area contributed by atoms with Crippen molar-refractivity contribution in [3.8, 4) is 5.75 Å². The Morgan fingerprint density at radius 3 is 2.56 bits per heavy atom. The molecule has 2 N–H and O–H groups in total. The minimum absolute atomic E-state index is 0.0995. The highest BCUT2D eigenvalue weighted by atomic mass is 16.5. The molecule has 0 unspecified atom stereocenters. The van der Waals surface area contributed by atoms with E-state index in [0.717, 1.165) is 53.2 Å². The number of hydrogen-bond acceptors (Lipinski definition) is 6. The van der Waals surface area contributed by atoms with E-state index in [0.29, 0.717) is 45.4 Å². The lowest BCUT2D eigenvalue weighted by molar-refractivity contribution is -0.141. The average Bonchev–Trinajstić information content (AvgIpc) is 3.52. The SMILES string of the molecule is CCC/C(=C\c1ccc(O)c2ccccc12)CC[C@H]1OC[C@H]2C1=C(COC)C[C@H]1C(=O)N(CCCCCC(=O)O)C(=O)[C@H]12. The van der Waals surface area contributed by atoms with E-state index < -0.39 is 11.9 Å². The lowest BCUT2D eigenvalue weighted by Gasteiger charge is -2.31. The summed E-state index contributed by atoms with van der Waals surface area (Å²) in [4.78, 5) is 39.2. The van der Waals surface area contributed by atoms with Crippen LogP contribution in [-0.2, 0) is 23.9 Å². The second-order valence-electron chi connectivity index (χ2n) is 12.1. The van der Waals surface area contributed by atoms with Crippen LogP contribution in [0.15, 0.2) is 53.1 Å². The molecule has 8 heteroatoms. The molecule has 2 fully saturated rings. The van der Waals surface area contributed by atoms with Crippen molar-refractivity contribution in [1.29, 1.82) is 0 Å². The zero-order valence-corrected chi connectivity index (χ0v) is 25.2. The van der Waals surface area contributed by atoms with Gasteiger partial charge in [0.2, 0.25) is 11.8 Å². The number of carboxylic acid groups (broad SMARTS) is 1. The van der Waals surface area contributed by atoms with Crippen molar-refractivity contribution in [1.82, 2.24) is 4.90 Å². The van der Waals surface area contributed by atoms with Crippen molar-refractivity contribution in [3.05, 3.63) is 58.7 Å². The van der Waals surface area contributed by atoms with E-state index in [1.807, 2.05) is 30.3 Å². The molecule has 2 aromatic carbocycles. The quantitative estimate of drug-likeness (QED) is 0.155. The number of imide groups is 1. The number of ether oxygens (including phenoxy) is 2. The van der Waals surface area contributed by atoms with Crippen molar-refractivity contribution >= 4 is 34.6 Å². The van der Waals surface area contributed by atoms with E-state index >= 15 is 0 Å². The Balaban J connectivity index is 1.32. The third-order valence-corrected chi connectivity index (χ3v) is 9.28. The van der Waals surface area contributed by atoms with Gasteiger partial charge in [0.25, 0.3) is 0 Å². The smallest absolute Gasteiger partial charge is 0.303 e. The van der Waals surface area contributed by atoms with Gasteiger partial charge in [-0.1, -0.05) is 61.7 Å². The van der Waals surface area contributed by atoms with Crippen LogP contribution in [0.25, 0.3) is 16.8 Å². The Bertz CT molecular complexity index is 1430. The minimum atomic E-state index is -0.828. The maximum absolute atomic E-state index is 13.6. The van der Waals surface area contributed by atoms with E-state index in [-0.39, 0.29) is 41.9 Å². The van der Waals surface area contributed by atoms with E-state index in [4.69, 9.17) is 14.6 Å². The fourth-order valence-corrected chi connectivity index (χ4v) is 7.35. The summed E-state index contributed by atoms with van der Waals surface area (Å²) >= 11 is 0. The third-order valence-electron chi connectivity index (χ3n) is 9.28. The van der Waals surface area contributed by atoms with Crippen molar-refractivity contribution in [3.63, 3.8) is 0 Å². The van der Waals surface area contributed by atoms with Crippen LogP contribution in [0.3, 0.4) is 0 Å². The van der Waals surface area contributed by atoms with Gasteiger partial charge in [-0.2, -0.15) is 0 Å². The number of methoxy groups -OCH3 is 1. The second-order valence-corrected chi connectivity index (χ2v) is 12.1. The molecule has 2 aromatic rings. The van der Waals surface area contributed by atoms with E-state index in [1.54, 1.807) is 13.2 Å². The lowest BCUT2D eigenvalue weighted by atomic mass is 9.69. The van der Waals surface area contributed by atoms with Crippen LogP contribution < -0.4 is 0 Å². The van der Waals surface area contributed by atoms with Crippen molar-refractivity contribution in [2.45, 2.75) is 70.8 Å². The molecule has 0 spiro atoms. The largest absolute Gasteiger partial charge is 0.507 e. The van der Waals surface area contributed by atoms with Gasteiger partial charge in [-0.25, -0.2) is 0 Å². The maximum atomic E-state index is 13.6. The Morgan fingerprint density at radius 2 is 1.81 bits per heavy atom. The number of aromatic hydroxyl groups is 1. The first-order chi connectivity index (χ1) is 20.8. The molecular weight excluding hydrogens is 546 g/mol. The molecule has 2 aliphatic heterocycles. The molecule has 1 aliphatic carbocycles. The van der Waals surface area contributed by atoms with E-state index in [9.17, 15) is 19.5 Å². The van der Waals surface area contributed by atoms with Crippen LogP contribution >= 0.6 is 0 Å². The topological polar surface area (TPSA) is 113 Å². The van der Waals surface area contributed by atoms with Gasteiger partial charge in [-0.3, -0.25) is 19.3 Å². The number of phenolic OH excluding ortho intramolecular Hbond substituents is 1. The van der Waals surface area contributed by atoms with Gasteiger partial charge in [0, 0.05) is 31.4 Å². The maximum Gasteiger partial charge on any atom is 0.303 e. The normalized spacial score (nSPS) is 23.8. The molecular formula is C35H43NO7. The summed E-state index contributed by atoms with van der Waals surface area (Å²) < 4.78 is 12.0. The Kier molecular flexibility index (Phi) is 9.98. The Morgan fingerprint density at radius 1 is 1.02 bits per heavy atom. The number of fused-ring (bicyclic) bond motifs is 4. The summed E-state index contributed by atoms with van der Waals surface area (Å²) in [5, 5.41) is 21.1. The summed E-state index contributed by atoms with van der Waals surface area (Å²) in [6, 6.07) is 11.6. The summed E-state index contributed by atoms with van der Waals surface area (Å²) in [5.41, 5.74) is 4.64. The number of aliphatic carboxylic acids is 1. The van der Waals surface area contributed by atoms with Gasteiger partial charge in [0.15, 0.2) is 0 Å². The molecule has 0 radical (unpaired) electrons. The fraction of sp³-hybridized carbons (Fsp3) is 0.514. The number of carbonyl (C=O) groups excluding carboxylic acids is 2. The summed E-state index contributed by atoms with van der Waals surface area (Å²) in [6.45, 7) is 3.36. The van der Waals surface area contributed by atoms with Crippen LogP contribution in [0.1, 0.15) is 70.3 Å². The van der Waals surface area contributed by atoms with Crippen molar-refractivity contribution < 1.29 is 34.1 Å². The molecule has 8 nitrogen and oxygen atoms in total. The number of carboxylic acids is 1. The highest BCUT2D eigenvalue weighted by Crippen LogP contribution is 2.50. The zero-order chi connectivity index (χ0) is 30.5. The van der Waals surface area contributed by atoms with Crippen molar-refractivity contribution in [2.75, 3.05) is 26.9 Å². The summed E-state index contributed by atoms with van der Waals surface area (Å²) in [7, 11) is 1.66. The fourth-order valence-electron chi connectivity index (χ4n) is 7.35. The Hall–Kier alpha value is -3.49. The molecule has 0 aromatic heterocycles. The molecule has 2 heterocycles. The number of allylic oxidation sites excluding steroid dienone is 1. The number of carbonyl (C=O) groups is 3. The number of unbranched alkanes of at least 4 members (excludes halogenated alkanes) is 2. The molecule has 0 bridgehead atoms.